The van der Waals surface area contributed by atoms with Crippen LogP contribution in [0.3, 0.4) is 0 Å². The number of aryl methyl sites for hydroxylation is 2. The summed E-state index contributed by atoms with van der Waals surface area (Å²) in [5.41, 5.74) is 7.80. The van der Waals surface area contributed by atoms with Crippen molar-refractivity contribution in [2.75, 3.05) is 0 Å². The van der Waals surface area contributed by atoms with Crippen LogP contribution in [0.15, 0.2) is 65.5 Å². The van der Waals surface area contributed by atoms with Gasteiger partial charge in [0.2, 0.25) is 0 Å². The van der Waals surface area contributed by atoms with Crippen molar-refractivity contribution >= 4 is 14.8 Å². The Morgan fingerprint density at radius 1 is 0.923 bits per heavy atom. The molecular weight excluding hydrogens is 330 g/mol. The topological polar surface area (TPSA) is 3.01 Å². The summed E-state index contributed by atoms with van der Waals surface area (Å²) in [4.78, 5) is 0. The number of benzene rings is 2. The highest BCUT2D eigenvalue weighted by molar-refractivity contribution is 6.84. The third-order valence-electron chi connectivity index (χ3n) is 5.11. The van der Waals surface area contributed by atoms with Gasteiger partial charge in [-0.25, -0.2) is 0 Å². The van der Waals surface area contributed by atoms with Crippen LogP contribution >= 0.6 is 0 Å². The summed E-state index contributed by atoms with van der Waals surface area (Å²) in [6.45, 7) is 18.1. The standard InChI is InChI=1S/C24H29NSi/c1-17-14-22(18(2)13-21(17)20-11-9-8-10-12-20)23-15-19(3)24(16-25(23)4)26(5,6)7/h8-16H,4H2,1-3,5-7H3. The molecule has 134 valence electrons. The van der Waals surface area contributed by atoms with Crippen molar-refractivity contribution in [3.8, 4) is 11.1 Å². The lowest BCUT2D eigenvalue weighted by Gasteiger charge is -2.30. The molecule has 0 aromatic heterocycles. The molecule has 3 rings (SSSR count). The summed E-state index contributed by atoms with van der Waals surface area (Å²) in [5.74, 6) is 0. The SMILES string of the molecule is C=[N+]1C=C([Si](C)(C)C)C(C)=C[C-]1c1cc(C)c(-c2ccccc2)cc1C. The maximum absolute atomic E-state index is 4.30. The number of hydrogen-bond donors (Lipinski definition) is 0. The van der Waals surface area contributed by atoms with Crippen molar-refractivity contribution in [2.45, 2.75) is 40.4 Å². The molecule has 0 saturated heterocycles. The lowest BCUT2D eigenvalue weighted by Crippen LogP contribution is -2.30. The smallest absolute Gasteiger partial charge is 0.147 e. The van der Waals surface area contributed by atoms with Gasteiger partial charge in [-0.05, 0) is 34.9 Å². The molecule has 1 heterocycles. The predicted molar refractivity (Wildman–Crippen MR) is 116 cm³/mol. The predicted octanol–water partition coefficient (Wildman–Crippen LogP) is 6.28. The zero-order chi connectivity index (χ0) is 19.1. The first-order valence-electron chi connectivity index (χ1n) is 9.23. The van der Waals surface area contributed by atoms with E-state index in [9.17, 15) is 0 Å². The number of nitrogens with zero attached hydrogens (tertiary/aromatic N) is 1. The molecule has 2 aromatic rings. The van der Waals surface area contributed by atoms with Gasteiger partial charge >= 0.3 is 0 Å². The first-order chi connectivity index (χ1) is 12.2. The Bertz CT molecular complexity index is 911. The normalized spacial score (nSPS) is 15.0. The quantitative estimate of drug-likeness (QED) is 0.344. The second-order valence-electron chi connectivity index (χ2n) is 8.32. The molecule has 1 nitrogen and oxygen atoms in total. The minimum atomic E-state index is -1.37. The largest absolute Gasteiger partial charge is 0.255 e. The molecule has 0 bridgehead atoms. The van der Waals surface area contributed by atoms with Gasteiger partial charge < -0.3 is 0 Å². The van der Waals surface area contributed by atoms with Crippen LogP contribution in [0.1, 0.15) is 23.6 Å². The fraction of sp³-hybridized carbons (Fsp3) is 0.250. The molecule has 2 aromatic carbocycles. The van der Waals surface area contributed by atoms with Gasteiger partial charge in [0.05, 0.1) is 14.8 Å². The highest BCUT2D eigenvalue weighted by Crippen LogP contribution is 2.35. The van der Waals surface area contributed by atoms with E-state index in [-0.39, 0.29) is 0 Å². The monoisotopic (exact) mass is 359 g/mol. The van der Waals surface area contributed by atoms with Gasteiger partial charge in [-0.2, -0.15) is 0 Å². The Labute approximate surface area is 159 Å². The van der Waals surface area contributed by atoms with Gasteiger partial charge in [0.1, 0.15) is 12.2 Å². The lowest BCUT2D eigenvalue weighted by atomic mass is 9.90. The summed E-state index contributed by atoms with van der Waals surface area (Å²) >= 11 is 0. The lowest BCUT2D eigenvalue weighted by molar-refractivity contribution is -0.418. The van der Waals surface area contributed by atoms with Crippen molar-refractivity contribution < 1.29 is 4.58 Å². The van der Waals surface area contributed by atoms with Crippen LogP contribution in [0.2, 0.25) is 19.6 Å². The van der Waals surface area contributed by atoms with E-state index in [1.165, 1.54) is 44.6 Å². The molecule has 2 heteroatoms. The molecular formula is C24H29NSi. The zero-order valence-electron chi connectivity index (χ0n) is 16.9. The van der Waals surface area contributed by atoms with Gasteiger partial charge in [-0.15, -0.1) is 0 Å². The summed E-state index contributed by atoms with van der Waals surface area (Å²) < 4.78 is 2.06. The van der Waals surface area contributed by atoms with E-state index >= 15 is 0 Å². The Balaban J connectivity index is 2.03. The van der Waals surface area contributed by atoms with E-state index in [1.54, 1.807) is 0 Å². The van der Waals surface area contributed by atoms with E-state index in [0.29, 0.717) is 0 Å². The molecule has 0 aliphatic carbocycles. The summed E-state index contributed by atoms with van der Waals surface area (Å²) in [6.07, 6.45) is 4.56. The van der Waals surface area contributed by atoms with Gasteiger partial charge in [-0.1, -0.05) is 92.7 Å². The number of allylic oxidation sites excluding steroid dienone is 2. The van der Waals surface area contributed by atoms with Crippen molar-refractivity contribution in [2.24, 2.45) is 0 Å². The fourth-order valence-corrected chi connectivity index (χ4v) is 5.53. The zero-order valence-corrected chi connectivity index (χ0v) is 17.9. The van der Waals surface area contributed by atoms with E-state index in [1.807, 2.05) is 0 Å². The molecule has 0 unspecified atom stereocenters. The summed E-state index contributed by atoms with van der Waals surface area (Å²) in [6, 6.07) is 16.4. The molecule has 26 heavy (non-hydrogen) atoms. The summed E-state index contributed by atoms with van der Waals surface area (Å²) in [5, 5.41) is 1.48. The average molecular weight is 360 g/mol. The van der Waals surface area contributed by atoms with E-state index < -0.39 is 8.07 Å². The Kier molecular flexibility index (Phi) is 4.81. The van der Waals surface area contributed by atoms with Gasteiger partial charge in [0.25, 0.3) is 0 Å². The van der Waals surface area contributed by atoms with Crippen LogP contribution in [-0.4, -0.2) is 19.4 Å². The van der Waals surface area contributed by atoms with Gasteiger partial charge in [0, 0.05) is 0 Å². The van der Waals surface area contributed by atoms with E-state index in [4.69, 9.17) is 0 Å². The molecule has 1 aliphatic rings. The van der Waals surface area contributed by atoms with E-state index in [0.717, 1.165) is 0 Å². The van der Waals surface area contributed by atoms with Crippen LogP contribution in [0, 0.1) is 19.9 Å². The molecule has 0 radical (unpaired) electrons. The molecule has 0 atom stereocenters. The molecule has 0 N–H and O–H groups in total. The van der Waals surface area contributed by atoms with Crippen molar-refractivity contribution in [3.05, 3.63) is 88.2 Å². The molecule has 1 aliphatic heterocycles. The van der Waals surface area contributed by atoms with Crippen molar-refractivity contribution in [1.82, 2.24) is 0 Å². The van der Waals surface area contributed by atoms with Crippen LogP contribution in [0.5, 0.6) is 0 Å². The minimum absolute atomic E-state index is 1.18. The average Bonchev–Trinajstić information content (AvgIpc) is 2.58. The Morgan fingerprint density at radius 3 is 2.19 bits per heavy atom. The van der Waals surface area contributed by atoms with Crippen LogP contribution in [0.25, 0.3) is 11.1 Å². The number of rotatable bonds is 3. The first-order valence-corrected chi connectivity index (χ1v) is 12.7. The second kappa shape index (κ2) is 6.77. The number of hydrogen-bond acceptors (Lipinski definition) is 0. The maximum Gasteiger partial charge on any atom is 0.147 e. The first kappa shape index (κ1) is 18.5. The molecule has 0 saturated carbocycles. The van der Waals surface area contributed by atoms with Crippen LogP contribution in [0.4, 0.5) is 0 Å². The van der Waals surface area contributed by atoms with Crippen LogP contribution in [-0.2, 0) is 0 Å². The summed E-state index contributed by atoms with van der Waals surface area (Å²) in [7, 11) is -1.37. The van der Waals surface area contributed by atoms with Gasteiger partial charge in [0.15, 0.2) is 0 Å². The van der Waals surface area contributed by atoms with E-state index in [2.05, 4.69) is 106 Å². The minimum Gasteiger partial charge on any atom is -0.255 e. The highest BCUT2D eigenvalue weighted by atomic mass is 28.3. The Hall–Kier alpha value is -2.32. The van der Waals surface area contributed by atoms with Crippen LogP contribution < -0.4 is 0 Å². The third-order valence-corrected chi connectivity index (χ3v) is 7.25. The highest BCUT2D eigenvalue weighted by Gasteiger charge is 2.28. The van der Waals surface area contributed by atoms with Gasteiger partial charge in [-0.3, -0.25) is 4.58 Å². The van der Waals surface area contributed by atoms with Crippen molar-refractivity contribution in [3.63, 3.8) is 0 Å². The molecule has 0 spiro atoms. The third kappa shape index (κ3) is 3.47. The molecule has 0 fully saturated rings. The fourth-order valence-electron chi connectivity index (χ4n) is 3.73. The maximum atomic E-state index is 4.30. The molecule has 0 amide bonds. The second-order valence-corrected chi connectivity index (χ2v) is 13.4. The Morgan fingerprint density at radius 2 is 1.58 bits per heavy atom. The van der Waals surface area contributed by atoms with Crippen molar-refractivity contribution in [1.29, 1.82) is 0 Å².